The van der Waals surface area contributed by atoms with Crippen LogP contribution in [0.1, 0.15) is 6.92 Å². The third-order valence-corrected chi connectivity index (χ3v) is 2.10. The molecule has 0 bridgehead atoms. The van der Waals surface area contributed by atoms with E-state index in [2.05, 4.69) is 20.3 Å². The third kappa shape index (κ3) is 4.68. The molecule has 0 fully saturated rings. The molecule has 1 heterocycles. The van der Waals surface area contributed by atoms with Crippen LogP contribution < -0.4 is 15.8 Å². The topological polar surface area (TPSA) is 109 Å². The predicted molar refractivity (Wildman–Crippen MR) is 68.5 cm³/mol. The second kappa shape index (κ2) is 5.78. The van der Waals surface area contributed by atoms with Crippen molar-refractivity contribution < 1.29 is 9.84 Å². The van der Waals surface area contributed by atoms with Gasteiger partial charge in [-0.1, -0.05) is 0 Å². The number of anilines is 2. The fraction of sp³-hybridized carbons (Fsp3) is 0.700. The number of nitrogens with zero attached hydrogens (tertiary/aromatic N) is 4. The van der Waals surface area contributed by atoms with Gasteiger partial charge >= 0.3 is 6.01 Å². The number of hydrogen-bond acceptors (Lipinski definition) is 8. The number of hydrogen-bond donors (Lipinski definition) is 3. The number of aromatic nitrogens is 3. The summed E-state index contributed by atoms with van der Waals surface area (Å²) in [5, 5.41) is 13.0. The van der Waals surface area contributed by atoms with Crippen molar-refractivity contribution >= 4 is 11.9 Å². The summed E-state index contributed by atoms with van der Waals surface area (Å²) in [5.41, 5.74) is 4.60. The summed E-state index contributed by atoms with van der Waals surface area (Å²) < 4.78 is 4.88. The van der Waals surface area contributed by atoms with Gasteiger partial charge in [-0.15, -0.1) is 0 Å². The van der Waals surface area contributed by atoms with E-state index >= 15 is 0 Å². The molecule has 4 N–H and O–H groups in total. The Bertz CT molecular complexity index is 396. The number of nitrogens with one attached hydrogen (secondary N) is 1. The molecule has 102 valence electrons. The number of methoxy groups -OCH3 is 1. The van der Waals surface area contributed by atoms with Crippen molar-refractivity contribution in [2.24, 2.45) is 0 Å². The van der Waals surface area contributed by atoms with Gasteiger partial charge in [0, 0.05) is 13.1 Å². The van der Waals surface area contributed by atoms with Crippen molar-refractivity contribution in [1.29, 1.82) is 0 Å². The fourth-order valence-electron chi connectivity index (χ4n) is 1.55. The molecule has 0 saturated carbocycles. The van der Waals surface area contributed by atoms with E-state index in [1.165, 1.54) is 7.11 Å². The van der Waals surface area contributed by atoms with Crippen LogP contribution in [-0.2, 0) is 0 Å². The average Bonchev–Trinajstić information content (AvgIpc) is 2.24. The standard InChI is InChI=1S/C10H20N6O2/c1-10(17,6-16(2)3)5-12-8-13-7(11)14-9(15-8)18-4/h17H,5-6H2,1-4H3,(H3,11,12,13,14,15). The van der Waals surface area contributed by atoms with Crippen LogP contribution in [0.15, 0.2) is 0 Å². The lowest BCUT2D eigenvalue weighted by atomic mass is 10.1. The van der Waals surface area contributed by atoms with E-state index in [1.807, 2.05) is 19.0 Å². The first-order valence-corrected chi connectivity index (χ1v) is 5.49. The van der Waals surface area contributed by atoms with E-state index in [0.29, 0.717) is 6.54 Å². The Labute approximate surface area is 106 Å². The molecular weight excluding hydrogens is 236 g/mol. The first-order valence-electron chi connectivity index (χ1n) is 5.49. The minimum Gasteiger partial charge on any atom is -0.467 e. The smallest absolute Gasteiger partial charge is 0.322 e. The highest BCUT2D eigenvalue weighted by molar-refractivity contribution is 5.32. The van der Waals surface area contributed by atoms with Gasteiger partial charge in [-0.25, -0.2) is 0 Å². The van der Waals surface area contributed by atoms with Gasteiger partial charge in [0.05, 0.1) is 12.7 Å². The number of nitrogen functional groups attached to an aromatic ring is 1. The van der Waals surface area contributed by atoms with Gasteiger partial charge in [0.25, 0.3) is 0 Å². The van der Waals surface area contributed by atoms with Crippen molar-refractivity contribution in [2.75, 3.05) is 45.3 Å². The maximum atomic E-state index is 10.1. The molecule has 1 rings (SSSR count). The Balaban J connectivity index is 2.65. The van der Waals surface area contributed by atoms with E-state index in [4.69, 9.17) is 10.5 Å². The maximum absolute atomic E-state index is 10.1. The summed E-state index contributed by atoms with van der Waals surface area (Å²) in [6.45, 7) is 2.53. The second-order valence-corrected chi connectivity index (χ2v) is 4.59. The lowest BCUT2D eigenvalue weighted by Crippen LogP contribution is -2.43. The Kier molecular flexibility index (Phi) is 4.62. The fourth-order valence-corrected chi connectivity index (χ4v) is 1.55. The molecule has 1 atom stereocenters. The summed E-state index contributed by atoms with van der Waals surface area (Å²) in [4.78, 5) is 13.5. The van der Waals surface area contributed by atoms with Crippen molar-refractivity contribution in [3.63, 3.8) is 0 Å². The van der Waals surface area contributed by atoms with Gasteiger partial charge in [0.2, 0.25) is 11.9 Å². The molecule has 0 aromatic carbocycles. The summed E-state index contributed by atoms with van der Waals surface area (Å²) in [5.74, 6) is 0.343. The highest BCUT2D eigenvalue weighted by atomic mass is 16.5. The molecule has 1 aromatic heterocycles. The van der Waals surface area contributed by atoms with Crippen LogP contribution in [0.25, 0.3) is 0 Å². The van der Waals surface area contributed by atoms with Gasteiger partial charge in [-0.2, -0.15) is 15.0 Å². The monoisotopic (exact) mass is 256 g/mol. The predicted octanol–water partition coefficient (Wildman–Crippen LogP) is -0.813. The van der Waals surface area contributed by atoms with Crippen LogP contribution in [0.2, 0.25) is 0 Å². The Morgan fingerprint density at radius 1 is 1.39 bits per heavy atom. The van der Waals surface area contributed by atoms with Crippen molar-refractivity contribution in [2.45, 2.75) is 12.5 Å². The second-order valence-electron chi connectivity index (χ2n) is 4.59. The summed E-state index contributed by atoms with van der Waals surface area (Å²) in [7, 11) is 5.22. The number of aliphatic hydroxyl groups is 1. The number of nitrogens with two attached hydrogens (primary N) is 1. The SMILES string of the molecule is COc1nc(N)nc(NCC(C)(O)CN(C)C)n1. The van der Waals surface area contributed by atoms with Crippen molar-refractivity contribution in [1.82, 2.24) is 19.9 Å². The minimum atomic E-state index is -0.905. The van der Waals surface area contributed by atoms with Gasteiger partial charge in [-0.05, 0) is 21.0 Å². The number of likely N-dealkylation sites (N-methyl/N-ethyl adjacent to an activating group) is 1. The molecule has 8 nitrogen and oxygen atoms in total. The third-order valence-electron chi connectivity index (χ3n) is 2.10. The van der Waals surface area contributed by atoms with Crippen LogP contribution in [0.4, 0.5) is 11.9 Å². The van der Waals surface area contributed by atoms with E-state index < -0.39 is 5.60 Å². The summed E-state index contributed by atoms with van der Waals surface area (Å²) in [6, 6.07) is 0.136. The largest absolute Gasteiger partial charge is 0.467 e. The molecular formula is C10H20N6O2. The van der Waals surface area contributed by atoms with E-state index in [0.717, 1.165) is 0 Å². The van der Waals surface area contributed by atoms with Crippen LogP contribution >= 0.6 is 0 Å². The zero-order valence-corrected chi connectivity index (χ0v) is 11.1. The molecule has 0 amide bonds. The van der Waals surface area contributed by atoms with E-state index in [1.54, 1.807) is 6.92 Å². The first-order chi connectivity index (χ1) is 8.32. The number of rotatable bonds is 6. The molecule has 0 spiro atoms. The molecule has 1 unspecified atom stereocenters. The number of ether oxygens (including phenoxy) is 1. The normalized spacial score (nSPS) is 14.3. The van der Waals surface area contributed by atoms with Crippen molar-refractivity contribution in [3.05, 3.63) is 0 Å². The zero-order valence-electron chi connectivity index (χ0n) is 11.1. The molecule has 0 saturated heterocycles. The minimum absolute atomic E-state index is 0.0663. The van der Waals surface area contributed by atoms with Crippen LogP contribution in [0.5, 0.6) is 6.01 Å². The van der Waals surface area contributed by atoms with E-state index in [9.17, 15) is 5.11 Å². The van der Waals surface area contributed by atoms with E-state index in [-0.39, 0.29) is 24.5 Å². The highest BCUT2D eigenvalue weighted by Gasteiger charge is 2.21. The van der Waals surface area contributed by atoms with Crippen LogP contribution in [0.3, 0.4) is 0 Å². The van der Waals surface area contributed by atoms with Crippen molar-refractivity contribution in [3.8, 4) is 6.01 Å². The molecule has 8 heteroatoms. The Morgan fingerprint density at radius 3 is 2.61 bits per heavy atom. The molecule has 1 aromatic rings. The molecule has 18 heavy (non-hydrogen) atoms. The lowest BCUT2D eigenvalue weighted by molar-refractivity contribution is 0.0458. The quantitative estimate of drug-likeness (QED) is 0.606. The summed E-state index contributed by atoms with van der Waals surface area (Å²) >= 11 is 0. The summed E-state index contributed by atoms with van der Waals surface area (Å²) in [6.07, 6.45) is 0. The van der Waals surface area contributed by atoms with Gasteiger partial charge < -0.3 is 25.8 Å². The van der Waals surface area contributed by atoms with Gasteiger partial charge in [-0.3, -0.25) is 0 Å². The molecule has 0 radical (unpaired) electrons. The lowest BCUT2D eigenvalue weighted by Gasteiger charge is -2.27. The molecule has 0 aliphatic carbocycles. The molecule has 0 aliphatic rings. The Morgan fingerprint density at radius 2 is 2.06 bits per heavy atom. The Hall–Kier alpha value is -1.67. The van der Waals surface area contributed by atoms with Crippen LogP contribution in [0, 0.1) is 0 Å². The first kappa shape index (κ1) is 14.4. The average molecular weight is 256 g/mol. The van der Waals surface area contributed by atoms with Gasteiger partial charge in [0.15, 0.2) is 0 Å². The van der Waals surface area contributed by atoms with Gasteiger partial charge in [0.1, 0.15) is 0 Å². The highest BCUT2D eigenvalue weighted by Crippen LogP contribution is 2.10. The molecule has 0 aliphatic heterocycles. The maximum Gasteiger partial charge on any atom is 0.322 e. The van der Waals surface area contributed by atoms with Crippen LogP contribution in [-0.4, -0.2) is 64.9 Å². The zero-order chi connectivity index (χ0) is 13.8.